The van der Waals surface area contributed by atoms with Crippen LogP contribution in [-0.2, 0) is 6.18 Å². The summed E-state index contributed by atoms with van der Waals surface area (Å²) in [5, 5.41) is 15.0. The Morgan fingerprint density at radius 2 is 1.77 bits per heavy atom. The molecule has 0 fully saturated rings. The van der Waals surface area contributed by atoms with Gasteiger partial charge >= 0.3 is 6.18 Å². The van der Waals surface area contributed by atoms with Gasteiger partial charge in [-0.05, 0) is 48.1 Å². The van der Waals surface area contributed by atoms with E-state index in [0.717, 1.165) is 20.8 Å². The molecular formula is C19H11BrClF3N6S. The molecule has 31 heavy (non-hydrogen) atoms. The minimum absolute atomic E-state index is 0.0289. The molecule has 2 aromatic carbocycles. The minimum atomic E-state index is -4.65. The predicted molar refractivity (Wildman–Crippen MR) is 117 cm³/mol. The fourth-order valence-electron chi connectivity index (χ4n) is 2.70. The van der Waals surface area contributed by atoms with E-state index >= 15 is 0 Å². The fourth-order valence-corrected chi connectivity index (χ4v) is 3.26. The van der Waals surface area contributed by atoms with Crippen LogP contribution in [0.3, 0.4) is 0 Å². The van der Waals surface area contributed by atoms with Gasteiger partial charge in [-0.2, -0.15) is 32.7 Å². The van der Waals surface area contributed by atoms with Gasteiger partial charge in [-0.1, -0.05) is 51.8 Å². The largest absolute Gasteiger partial charge is 0.435 e. The second kappa shape index (κ2) is 8.40. The highest BCUT2D eigenvalue weighted by Crippen LogP contribution is 2.33. The zero-order chi connectivity index (χ0) is 22.2. The van der Waals surface area contributed by atoms with E-state index in [1.165, 1.54) is 10.9 Å². The summed E-state index contributed by atoms with van der Waals surface area (Å²) in [6.07, 6.45) is -3.14. The van der Waals surface area contributed by atoms with E-state index in [1.54, 1.807) is 24.3 Å². The van der Waals surface area contributed by atoms with Gasteiger partial charge in [-0.15, -0.1) is 5.10 Å². The van der Waals surface area contributed by atoms with Crippen LogP contribution in [0.1, 0.15) is 11.3 Å². The van der Waals surface area contributed by atoms with E-state index in [0.29, 0.717) is 10.6 Å². The lowest BCUT2D eigenvalue weighted by Crippen LogP contribution is -2.10. The van der Waals surface area contributed by atoms with Gasteiger partial charge in [0.15, 0.2) is 5.69 Å². The Hall–Kier alpha value is -2.76. The first-order chi connectivity index (χ1) is 14.7. The van der Waals surface area contributed by atoms with Gasteiger partial charge in [-0.3, -0.25) is 0 Å². The molecule has 0 aliphatic rings. The van der Waals surface area contributed by atoms with Crippen molar-refractivity contribution in [1.82, 2.24) is 24.7 Å². The lowest BCUT2D eigenvalue weighted by atomic mass is 10.1. The third-order valence-corrected chi connectivity index (χ3v) is 5.20. The highest BCUT2D eigenvalue weighted by molar-refractivity contribution is 9.10. The first-order valence-corrected chi connectivity index (χ1v) is 10.2. The van der Waals surface area contributed by atoms with Crippen molar-refractivity contribution in [2.45, 2.75) is 6.18 Å². The van der Waals surface area contributed by atoms with Gasteiger partial charge < -0.3 is 0 Å². The number of rotatable bonds is 4. The Kier molecular flexibility index (Phi) is 5.82. The maximum atomic E-state index is 13.4. The Labute approximate surface area is 192 Å². The molecule has 0 bridgehead atoms. The Morgan fingerprint density at radius 3 is 2.42 bits per heavy atom. The molecule has 158 valence electrons. The summed E-state index contributed by atoms with van der Waals surface area (Å²) in [5.74, 6) is -0.0289. The molecule has 6 nitrogen and oxygen atoms in total. The standard InChI is InChI=1S/C19H11BrClF3N6S/c20-13-5-1-11(2-6-13)10-25-30-17(26-27-18(30)31)29-15(9-16(28-29)19(22,23)24)12-3-7-14(21)8-4-12/h1-10H,(H,27,31)/b25-10-. The summed E-state index contributed by atoms with van der Waals surface area (Å²) in [4.78, 5) is 0. The molecule has 0 saturated carbocycles. The van der Waals surface area contributed by atoms with Crippen LogP contribution in [0.25, 0.3) is 17.2 Å². The maximum Gasteiger partial charge on any atom is 0.435 e. The Morgan fingerprint density at radius 1 is 1.10 bits per heavy atom. The van der Waals surface area contributed by atoms with Crippen LogP contribution < -0.4 is 0 Å². The van der Waals surface area contributed by atoms with Crippen molar-refractivity contribution in [2.75, 3.05) is 0 Å². The molecule has 12 heteroatoms. The van der Waals surface area contributed by atoms with Gasteiger partial charge in [0.1, 0.15) is 0 Å². The Balaban J connectivity index is 1.84. The number of nitrogens with one attached hydrogen (secondary N) is 1. The van der Waals surface area contributed by atoms with Crippen molar-refractivity contribution in [1.29, 1.82) is 0 Å². The molecule has 0 saturated heterocycles. The molecule has 4 aromatic rings. The van der Waals surface area contributed by atoms with Crippen LogP contribution in [0.5, 0.6) is 0 Å². The minimum Gasteiger partial charge on any atom is -0.248 e. The second-order valence-electron chi connectivity index (χ2n) is 6.27. The van der Waals surface area contributed by atoms with Gasteiger partial charge in [0.25, 0.3) is 5.95 Å². The summed E-state index contributed by atoms with van der Waals surface area (Å²) >= 11 is 14.5. The third-order valence-electron chi connectivity index (χ3n) is 4.15. The van der Waals surface area contributed by atoms with Crippen molar-refractivity contribution in [3.8, 4) is 17.2 Å². The number of nitrogens with zero attached hydrogens (tertiary/aromatic N) is 5. The number of aromatic amines is 1. The van der Waals surface area contributed by atoms with Crippen molar-refractivity contribution < 1.29 is 13.2 Å². The van der Waals surface area contributed by atoms with E-state index in [1.807, 2.05) is 24.3 Å². The number of H-pyrrole nitrogens is 1. The smallest absolute Gasteiger partial charge is 0.248 e. The van der Waals surface area contributed by atoms with Crippen LogP contribution in [0, 0.1) is 4.77 Å². The van der Waals surface area contributed by atoms with Crippen LogP contribution in [0.2, 0.25) is 5.02 Å². The SMILES string of the molecule is FC(F)(F)c1cc(-c2ccc(Cl)cc2)n(-c2n[nH]c(=S)n2/N=C\c2ccc(Br)cc2)n1. The van der Waals surface area contributed by atoms with Crippen LogP contribution in [-0.4, -0.2) is 30.9 Å². The molecule has 0 atom stereocenters. The fraction of sp³-hybridized carbons (Fsp3) is 0.0526. The van der Waals surface area contributed by atoms with Crippen LogP contribution >= 0.6 is 39.7 Å². The van der Waals surface area contributed by atoms with Crippen molar-refractivity contribution in [3.05, 3.63) is 80.1 Å². The number of hydrogen-bond donors (Lipinski definition) is 1. The average Bonchev–Trinajstić information content (AvgIpc) is 3.32. The van der Waals surface area contributed by atoms with E-state index in [9.17, 15) is 13.2 Å². The number of hydrogen-bond acceptors (Lipinski definition) is 4. The number of alkyl halides is 3. The molecule has 2 aromatic heterocycles. The third kappa shape index (κ3) is 4.63. The predicted octanol–water partition coefficient (Wildman–Crippen LogP) is 6.11. The highest BCUT2D eigenvalue weighted by Gasteiger charge is 2.36. The zero-order valence-corrected chi connectivity index (χ0v) is 18.5. The molecule has 2 heterocycles. The first kappa shape index (κ1) is 21.5. The van der Waals surface area contributed by atoms with Crippen LogP contribution in [0.15, 0.2) is 64.2 Å². The molecule has 0 spiro atoms. The molecule has 0 aliphatic heterocycles. The number of aromatic nitrogens is 5. The van der Waals surface area contributed by atoms with Crippen molar-refractivity contribution in [2.24, 2.45) is 5.10 Å². The average molecular weight is 528 g/mol. The molecule has 4 rings (SSSR count). The number of benzene rings is 2. The molecule has 0 aliphatic carbocycles. The lowest BCUT2D eigenvalue weighted by molar-refractivity contribution is -0.141. The summed E-state index contributed by atoms with van der Waals surface area (Å²) in [6, 6.07) is 14.5. The summed E-state index contributed by atoms with van der Waals surface area (Å²) in [7, 11) is 0. The van der Waals surface area contributed by atoms with Crippen molar-refractivity contribution in [3.63, 3.8) is 0 Å². The first-order valence-electron chi connectivity index (χ1n) is 8.63. The van der Waals surface area contributed by atoms with Gasteiger partial charge in [-0.25, -0.2) is 5.10 Å². The summed E-state index contributed by atoms with van der Waals surface area (Å²) in [5.41, 5.74) is 0.296. The summed E-state index contributed by atoms with van der Waals surface area (Å²) < 4.78 is 43.4. The van der Waals surface area contributed by atoms with E-state index < -0.39 is 11.9 Å². The van der Waals surface area contributed by atoms with Gasteiger partial charge in [0, 0.05) is 15.1 Å². The van der Waals surface area contributed by atoms with Crippen LogP contribution in [0.4, 0.5) is 13.2 Å². The van der Waals surface area contributed by atoms with Crippen molar-refractivity contribution >= 4 is 46.0 Å². The van der Waals surface area contributed by atoms with E-state index in [-0.39, 0.29) is 16.4 Å². The monoisotopic (exact) mass is 526 g/mol. The molecule has 0 amide bonds. The highest BCUT2D eigenvalue weighted by atomic mass is 79.9. The van der Waals surface area contributed by atoms with E-state index in [2.05, 4.69) is 36.3 Å². The maximum absolute atomic E-state index is 13.4. The van der Waals surface area contributed by atoms with Gasteiger partial charge in [0.05, 0.1) is 11.9 Å². The Bertz CT molecular complexity index is 1310. The molecule has 1 N–H and O–H groups in total. The normalized spacial score (nSPS) is 12.0. The second-order valence-corrected chi connectivity index (χ2v) is 8.01. The molecular weight excluding hydrogens is 517 g/mol. The topological polar surface area (TPSA) is 63.8 Å². The lowest BCUT2D eigenvalue weighted by Gasteiger charge is -2.06. The molecule has 0 unspecified atom stereocenters. The van der Waals surface area contributed by atoms with E-state index in [4.69, 9.17) is 23.8 Å². The zero-order valence-electron chi connectivity index (χ0n) is 15.3. The summed E-state index contributed by atoms with van der Waals surface area (Å²) in [6.45, 7) is 0. The molecule has 0 radical (unpaired) electrons. The van der Waals surface area contributed by atoms with Gasteiger partial charge in [0.2, 0.25) is 4.77 Å². The number of halogens is 5. The quantitative estimate of drug-likeness (QED) is 0.257.